The summed E-state index contributed by atoms with van der Waals surface area (Å²) in [5, 5.41) is 0.389. The smallest absolute Gasteiger partial charge is 0.263 e. The molecule has 0 saturated heterocycles. The number of benzene rings is 2. The molecule has 0 aliphatic rings. The number of rotatable bonds is 4. The molecular weight excluding hydrogens is 369 g/mol. The van der Waals surface area contributed by atoms with Gasteiger partial charge in [0.2, 0.25) is 0 Å². The van der Waals surface area contributed by atoms with E-state index in [1.165, 1.54) is 25.3 Å². The van der Waals surface area contributed by atoms with Gasteiger partial charge in [0.25, 0.3) is 10.0 Å². The van der Waals surface area contributed by atoms with Gasteiger partial charge < -0.3 is 4.74 Å². The molecule has 0 bridgehead atoms. The van der Waals surface area contributed by atoms with Gasteiger partial charge in [-0.2, -0.15) is 0 Å². The zero-order chi connectivity index (χ0) is 16.5. The fraction of sp³-hybridized carbons (Fsp3) is 0.143. The van der Waals surface area contributed by atoms with Crippen molar-refractivity contribution in [2.45, 2.75) is 11.8 Å². The SMILES string of the molecule is COc1ccc(S(=O)(=O)Nc2ccc(C)c(Cl)c2)c(Cl)c1Cl. The lowest BCUT2D eigenvalue weighted by Gasteiger charge is -2.12. The van der Waals surface area contributed by atoms with Crippen LogP contribution in [-0.4, -0.2) is 15.5 Å². The molecule has 0 spiro atoms. The fourth-order valence-corrected chi connectivity index (χ4v) is 3.82. The number of aryl methyl sites for hydroxylation is 1. The first-order chi connectivity index (χ1) is 10.3. The highest BCUT2D eigenvalue weighted by Crippen LogP contribution is 2.37. The van der Waals surface area contributed by atoms with Gasteiger partial charge in [0.1, 0.15) is 15.7 Å². The Morgan fingerprint density at radius 3 is 2.32 bits per heavy atom. The van der Waals surface area contributed by atoms with Crippen LogP contribution < -0.4 is 9.46 Å². The number of hydrogen-bond donors (Lipinski definition) is 1. The second-order valence-electron chi connectivity index (χ2n) is 4.46. The maximum absolute atomic E-state index is 12.4. The third-order valence-electron chi connectivity index (χ3n) is 2.94. The summed E-state index contributed by atoms with van der Waals surface area (Å²) in [4.78, 5) is -0.142. The molecule has 2 rings (SSSR count). The van der Waals surface area contributed by atoms with Gasteiger partial charge in [-0.15, -0.1) is 0 Å². The zero-order valence-corrected chi connectivity index (χ0v) is 14.7. The van der Waals surface area contributed by atoms with E-state index in [1.807, 2.05) is 6.92 Å². The normalized spacial score (nSPS) is 11.3. The van der Waals surface area contributed by atoms with E-state index in [2.05, 4.69) is 4.72 Å². The Hall–Kier alpha value is -1.14. The van der Waals surface area contributed by atoms with E-state index in [0.29, 0.717) is 16.5 Å². The summed E-state index contributed by atoms with van der Waals surface area (Å²) in [5.74, 6) is 0.295. The van der Waals surface area contributed by atoms with Crippen LogP contribution in [0, 0.1) is 6.92 Å². The minimum atomic E-state index is -3.90. The van der Waals surface area contributed by atoms with E-state index in [0.717, 1.165) is 5.56 Å². The Morgan fingerprint density at radius 1 is 1.05 bits per heavy atom. The summed E-state index contributed by atoms with van der Waals surface area (Å²) in [6.07, 6.45) is 0. The molecule has 1 N–H and O–H groups in total. The van der Waals surface area contributed by atoms with Crippen LogP contribution in [0.15, 0.2) is 35.2 Å². The fourth-order valence-electron chi connectivity index (χ4n) is 1.75. The summed E-state index contributed by atoms with van der Waals surface area (Å²) in [6.45, 7) is 1.82. The van der Waals surface area contributed by atoms with Crippen molar-refractivity contribution in [3.8, 4) is 5.75 Å². The highest BCUT2D eigenvalue weighted by molar-refractivity contribution is 7.92. The molecule has 2 aromatic rings. The zero-order valence-electron chi connectivity index (χ0n) is 11.7. The largest absolute Gasteiger partial charge is 0.495 e. The minimum absolute atomic E-state index is 0.0361. The summed E-state index contributed by atoms with van der Waals surface area (Å²) in [5.41, 5.74) is 1.17. The van der Waals surface area contributed by atoms with E-state index in [4.69, 9.17) is 39.5 Å². The molecule has 2 aromatic carbocycles. The van der Waals surface area contributed by atoms with Crippen molar-refractivity contribution < 1.29 is 13.2 Å². The van der Waals surface area contributed by atoms with E-state index in [1.54, 1.807) is 12.1 Å². The number of sulfonamides is 1. The number of anilines is 1. The predicted octanol–water partition coefficient (Wildman–Crippen LogP) is 4.76. The predicted molar refractivity (Wildman–Crippen MR) is 90.0 cm³/mol. The lowest BCUT2D eigenvalue weighted by atomic mass is 10.2. The minimum Gasteiger partial charge on any atom is -0.495 e. The van der Waals surface area contributed by atoms with E-state index in [-0.39, 0.29) is 14.9 Å². The van der Waals surface area contributed by atoms with Crippen molar-refractivity contribution in [3.63, 3.8) is 0 Å². The molecule has 8 heteroatoms. The Morgan fingerprint density at radius 2 is 1.73 bits per heavy atom. The van der Waals surface area contributed by atoms with E-state index >= 15 is 0 Å². The molecule has 0 aliphatic heterocycles. The molecule has 0 aromatic heterocycles. The van der Waals surface area contributed by atoms with Crippen molar-refractivity contribution in [1.29, 1.82) is 0 Å². The summed E-state index contributed by atoms with van der Waals surface area (Å²) < 4.78 is 32.3. The van der Waals surface area contributed by atoms with Gasteiger partial charge in [0.05, 0.1) is 17.8 Å². The molecule has 22 heavy (non-hydrogen) atoms. The monoisotopic (exact) mass is 379 g/mol. The Kier molecular flexibility index (Phi) is 5.12. The Balaban J connectivity index is 2.42. The van der Waals surface area contributed by atoms with Crippen molar-refractivity contribution in [2.75, 3.05) is 11.8 Å². The average Bonchev–Trinajstić information content (AvgIpc) is 2.45. The molecule has 118 valence electrons. The van der Waals surface area contributed by atoms with Gasteiger partial charge in [-0.25, -0.2) is 8.42 Å². The number of hydrogen-bond acceptors (Lipinski definition) is 3. The molecule has 0 amide bonds. The summed E-state index contributed by atoms with van der Waals surface area (Å²) >= 11 is 18.0. The van der Waals surface area contributed by atoms with Crippen LogP contribution in [0.3, 0.4) is 0 Å². The summed E-state index contributed by atoms with van der Waals surface area (Å²) in [6, 6.07) is 7.60. The average molecular weight is 381 g/mol. The van der Waals surface area contributed by atoms with Crippen LogP contribution in [0.5, 0.6) is 5.75 Å². The quantitative estimate of drug-likeness (QED) is 0.831. The molecular formula is C14H12Cl3NO3S. The third-order valence-corrected chi connectivity index (χ3v) is 5.75. The van der Waals surface area contributed by atoms with Gasteiger partial charge in [-0.3, -0.25) is 4.72 Å². The van der Waals surface area contributed by atoms with E-state index < -0.39 is 10.0 Å². The number of nitrogens with one attached hydrogen (secondary N) is 1. The van der Waals surface area contributed by atoms with Gasteiger partial charge >= 0.3 is 0 Å². The molecule has 0 fully saturated rings. The molecule has 0 aliphatic carbocycles. The first-order valence-electron chi connectivity index (χ1n) is 6.07. The van der Waals surface area contributed by atoms with Gasteiger partial charge in [-0.05, 0) is 36.8 Å². The first kappa shape index (κ1) is 17.2. The highest BCUT2D eigenvalue weighted by Gasteiger charge is 2.22. The van der Waals surface area contributed by atoms with E-state index in [9.17, 15) is 8.42 Å². The molecule has 0 heterocycles. The van der Waals surface area contributed by atoms with Crippen LogP contribution >= 0.6 is 34.8 Å². The molecule has 0 radical (unpaired) electrons. The second-order valence-corrected chi connectivity index (χ2v) is 7.28. The number of methoxy groups -OCH3 is 1. The molecule has 0 atom stereocenters. The van der Waals surface area contributed by atoms with Crippen LogP contribution in [0.4, 0.5) is 5.69 Å². The lowest BCUT2D eigenvalue weighted by molar-refractivity contribution is 0.414. The molecule has 0 unspecified atom stereocenters. The Labute approximate surface area is 144 Å². The highest BCUT2D eigenvalue weighted by atomic mass is 35.5. The first-order valence-corrected chi connectivity index (χ1v) is 8.69. The van der Waals surface area contributed by atoms with Crippen LogP contribution in [0.1, 0.15) is 5.56 Å². The standard InChI is InChI=1S/C14H12Cl3NO3S/c1-8-3-4-9(7-10(8)15)18-22(19,20)12-6-5-11(21-2)13(16)14(12)17/h3-7,18H,1-2H3. The third kappa shape index (κ3) is 3.43. The van der Waals surface area contributed by atoms with Crippen LogP contribution in [0.2, 0.25) is 15.1 Å². The van der Waals surface area contributed by atoms with Gasteiger partial charge in [0.15, 0.2) is 0 Å². The van der Waals surface area contributed by atoms with Gasteiger partial charge in [-0.1, -0.05) is 40.9 Å². The Bertz CT molecular complexity index is 822. The molecule has 0 saturated carbocycles. The summed E-state index contributed by atoms with van der Waals surface area (Å²) in [7, 11) is -2.49. The number of ether oxygens (including phenoxy) is 1. The second kappa shape index (κ2) is 6.54. The van der Waals surface area contributed by atoms with Crippen molar-refractivity contribution in [1.82, 2.24) is 0 Å². The topological polar surface area (TPSA) is 55.4 Å². The number of halogens is 3. The van der Waals surface area contributed by atoms with Crippen molar-refractivity contribution in [3.05, 3.63) is 51.0 Å². The van der Waals surface area contributed by atoms with Crippen LogP contribution in [0.25, 0.3) is 0 Å². The van der Waals surface area contributed by atoms with Crippen molar-refractivity contribution >= 4 is 50.5 Å². The lowest BCUT2D eigenvalue weighted by Crippen LogP contribution is -2.13. The molecule has 4 nitrogen and oxygen atoms in total. The van der Waals surface area contributed by atoms with Gasteiger partial charge in [0, 0.05) is 5.02 Å². The maximum atomic E-state index is 12.4. The van der Waals surface area contributed by atoms with Crippen molar-refractivity contribution in [2.24, 2.45) is 0 Å². The van der Waals surface area contributed by atoms with Crippen LogP contribution in [-0.2, 0) is 10.0 Å². The maximum Gasteiger partial charge on any atom is 0.263 e.